The van der Waals surface area contributed by atoms with Gasteiger partial charge in [-0.3, -0.25) is 25.2 Å². The highest BCUT2D eigenvalue weighted by molar-refractivity contribution is 14.1. The number of aromatic nitrogens is 2. The Morgan fingerprint density at radius 3 is 1.02 bits per heavy atom. The highest BCUT2D eigenvalue weighted by atomic mass is 127. The van der Waals surface area contributed by atoms with Crippen LogP contribution in [0.4, 0.5) is 151 Å². The number of hydrogen-bond acceptors (Lipinski definition) is 20. The number of hydrogen-bond donors (Lipinski definition) is 17. The van der Waals surface area contributed by atoms with Gasteiger partial charge in [0.1, 0.15) is 34.9 Å². The van der Waals surface area contributed by atoms with Crippen molar-refractivity contribution < 1.29 is 143 Å². The predicted octanol–water partition coefficient (Wildman–Crippen LogP) is 24.1. The number of hydrazine groups is 2. The van der Waals surface area contributed by atoms with E-state index in [-0.39, 0.29) is 105 Å². The van der Waals surface area contributed by atoms with Crippen LogP contribution in [0.2, 0.25) is 0 Å². The zero-order valence-electron chi connectivity index (χ0n) is 74.6. The van der Waals surface area contributed by atoms with E-state index in [0.717, 1.165) is 65.3 Å². The molecule has 0 saturated carbocycles. The van der Waals surface area contributed by atoms with Crippen LogP contribution in [-0.4, -0.2) is 116 Å². The number of urea groups is 1. The van der Waals surface area contributed by atoms with Gasteiger partial charge in [-0.25, -0.2) is 119 Å². The molecule has 20 N–H and O–H groups in total. The highest BCUT2D eigenvalue weighted by Gasteiger charge is 2.27. The van der Waals surface area contributed by atoms with Gasteiger partial charge >= 0.3 is 23.7 Å². The maximum Gasteiger partial charge on any atom is 0.434 e. The number of nitrogens with two attached hydrogens (primary N) is 3. The molecule has 0 unspecified atom stereocenters. The van der Waals surface area contributed by atoms with E-state index in [0.29, 0.717) is 47.5 Å². The van der Waals surface area contributed by atoms with Gasteiger partial charge < -0.3 is 72.9 Å². The van der Waals surface area contributed by atoms with Gasteiger partial charge in [0, 0.05) is 54.7 Å². The number of alkyl halides is 3. The summed E-state index contributed by atoms with van der Waals surface area (Å²) in [5.41, 5.74) is 11.0. The number of aromatic amines is 1. The minimum Gasteiger partial charge on any atom is -0.478 e. The lowest BCUT2D eigenvalue weighted by Crippen LogP contribution is -2.47. The number of aromatic carboxylic acids is 2. The molecule has 0 aliphatic carbocycles. The summed E-state index contributed by atoms with van der Waals surface area (Å²) >= 11 is 23.0. The van der Waals surface area contributed by atoms with Crippen LogP contribution in [0.15, 0.2) is 191 Å². The minimum absolute atomic E-state index is 0.0276. The molecule has 0 spiro atoms. The number of benzene rings is 12. The summed E-state index contributed by atoms with van der Waals surface area (Å²) in [6.45, 7) is 3.34. The topological polar surface area (TPSA) is 438 Å². The summed E-state index contributed by atoms with van der Waals surface area (Å²) in [4.78, 5) is 79.2. The van der Waals surface area contributed by atoms with Gasteiger partial charge in [-0.15, -0.1) is 28.3 Å². The van der Waals surface area contributed by atoms with Crippen molar-refractivity contribution in [2.75, 3.05) is 82.1 Å². The molecule has 0 atom stereocenters. The Labute approximate surface area is 922 Å². The number of ketones is 1. The number of aliphatic hydroxyl groups is 2. The third-order valence-corrected chi connectivity index (χ3v) is 21.2. The first-order chi connectivity index (χ1) is 69.5. The van der Waals surface area contributed by atoms with Crippen molar-refractivity contribution in [2.45, 2.75) is 19.8 Å². The average Bonchev–Trinajstić information content (AvgIpc) is 1.53. The highest BCUT2D eigenvalue weighted by Crippen LogP contribution is 2.37. The number of carboxylic acid groups (broad SMARTS) is 2. The van der Waals surface area contributed by atoms with Crippen molar-refractivity contribution in [2.24, 2.45) is 11.6 Å². The molecule has 12 aromatic carbocycles. The van der Waals surface area contributed by atoms with E-state index in [1.54, 1.807) is 36.4 Å². The molecule has 27 nitrogen and oxygen atoms in total. The van der Waals surface area contributed by atoms with Crippen molar-refractivity contribution in [1.29, 1.82) is 0 Å². The van der Waals surface area contributed by atoms with Gasteiger partial charge in [0.05, 0.1) is 109 Å². The number of nitrogens with zero attached hydrogens (tertiary/aromatic N) is 1. The van der Waals surface area contributed by atoms with E-state index in [9.17, 15) is 117 Å². The van der Waals surface area contributed by atoms with E-state index >= 15 is 0 Å². The van der Waals surface area contributed by atoms with Gasteiger partial charge in [0.2, 0.25) is 0 Å². The number of halogens is 28. The van der Waals surface area contributed by atoms with Crippen molar-refractivity contribution in [3.63, 3.8) is 0 Å². The second-order valence-corrected chi connectivity index (χ2v) is 35.4. The van der Waals surface area contributed by atoms with Gasteiger partial charge in [-0.05, 0) is 342 Å². The van der Waals surface area contributed by atoms with Gasteiger partial charge in [-0.1, -0.05) is 22.6 Å². The molecule has 1 saturated heterocycles. The molecule has 1 aliphatic heterocycles. The molecule has 2 heterocycles. The first-order valence-corrected chi connectivity index (χ1v) is 48.8. The lowest BCUT2D eigenvalue weighted by Gasteiger charge is -2.15. The molecular weight excluding hydrogens is 2820 g/mol. The third-order valence-electron chi connectivity index (χ3n) is 17.2. The third kappa shape index (κ3) is 40.8. The zero-order chi connectivity index (χ0) is 110. The van der Waals surface area contributed by atoms with Gasteiger partial charge in [0.25, 0.3) is 17.7 Å². The lowest BCUT2D eigenvalue weighted by atomic mass is 10.1. The Morgan fingerprint density at radius 1 is 0.418 bits per heavy atom. The first kappa shape index (κ1) is 126. The molecule has 14 rings (SSSR count). The molecule has 1 aliphatic rings. The summed E-state index contributed by atoms with van der Waals surface area (Å²) in [5, 5.41) is 53.5. The number of carbonyl (C=O) groups excluding carboxylic acids is 4. The number of aliphatic hydroxyl groups excluding tert-OH is 2. The minimum atomic E-state index is -1.77. The standard InChI is InChI=1S/C16H14F3IN4O3.C14H7F3IN3O2.C14H9F3INO.C13H9F3IN3O.C13H7F3INO2.C7H3F3O2.C6H5FIN.C4H8O.C2H7NO.CH2Cl2.CH3I/c17-10-3-2-9(15(26)23-24-16(27)21-5-6-25)14(13(10)19)22-12-4-1-8(20)7-11(12)18;15-8-3-2-7(13-20-21-14(22)23-13)12(11(8)17)19-10-4-1-6(18)5-9(10)16;1-7(20)9-3-4-10(15)13(17)14(9)19-12-5-2-8(18)6-11(12)16;14-8-3-2-7(13(21)20-18)12(11(8)16)19-10-4-1-6(17)5-9(10)15;14-8-3-2-7(13(19)20)12(11(8)16)18-10-4-1-6(17)5-9(10)15;8-4-2-1-3(7(11)12)5(9)6(4)10;7-5-3-4(8)1-2-6(5)9;1-2-4-5-3-1;3-1-2-4;2-1-3;1-2/h1-4,7,22,25H,5-6H2,(H,23,26)(H2,21,24,27);1-5,19H,(H,21,22);2-6,19H,1H3;1-5,19H,18H2,(H,20,21);1-5,18H,(H,19,20);1-2H,(H,11,12);1-3H,9H2;1-4H2;4H,1-3H2;1H2;1H3/i;;;;;;;;;;1D. The summed E-state index contributed by atoms with van der Waals surface area (Å²) in [7, 11) is 0. The second-order valence-electron chi connectivity index (χ2n) is 27.1. The van der Waals surface area contributed by atoms with Crippen LogP contribution in [0.5, 0.6) is 0 Å². The molecule has 55 heteroatoms. The van der Waals surface area contributed by atoms with Gasteiger partial charge in [-0.2, -0.15) is 0 Å². The number of H-pyrrole nitrogens is 1. The van der Waals surface area contributed by atoms with Gasteiger partial charge in [0.15, 0.2) is 81.4 Å². The Kier molecular flexibility index (Phi) is 56.2. The molecule has 0 radical (unpaired) electrons. The lowest BCUT2D eigenvalue weighted by molar-refractivity contribution is 0.0682. The number of Topliss-reactive ketones (excluding diaryl/α,β-unsaturated/α-hetero) is 1. The molecule has 1 aromatic heterocycles. The van der Waals surface area contributed by atoms with Crippen LogP contribution < -0.4 is 71.2 Å². The van der Waals surface area contributed by atoms with Crippen LogP contribution in [0.25, 0.3) is 11.5 Å². The fraction of sp³-hybridized carbons (Fsp3) is 0.121. The number of nitrogen functional groups attached to an aromatic ring is 2. The van der Waals surface area contributed by atoms with E-state index in [1.807, 2.05) is 180 Å². The SMILES string of the molecule is C1CCOC1.CC(=O)c1ccc(F)c(F)c1Nc1ccc(I)cc1F.ClCCl.NCCO.NNC(=O)c1ccc(F)c(F)c1Nc1ccc(I)cc1F.Nc1ccc(I)cc1F.O=C(NCCO)NNC(=O)c1ccc(F)c(F)c1Nc1ccc(I)cc1F.O=C(O)c1ccc(F)c(F)c1F.O=C(O)c1ccc(F)c(F)c1Nc1ccc(I)cc1F.O=c1[nH]nc(-c2ccc(F)c(F)c2Nc2ccc(I)cc2F)o1.[2H]CI. The summed E-state index contributed by atoms with van der Waals surface area (Å²) in [6.07, 6.45) is 2.56. The van der Waals surface area contributed by atoms with Crippen LogP contribution in [0.1, 0.15) is 72.9 Å². The molecule has 146 heavy (non-hydrogen) atoms. The predicted molar refractivity (Wildman–Crippen MR) is 569 cm³/mol. The Balaban J connectivity index is 0.000000353. The number of nitrogens with one attached hydrogen (secondary N) is 10. The van der Waals surface area contributed by atoms with E-state index in [2.05, 4.69) is 37.0 Å². The zero-order valence-corrected chi connectivity index (χ0v) is 90.2. The number of anilines is 11. The Bertz CT molecular complexity index is 6650. The monoisotopic (exact) mass is 2890 g/mol. The molecule has 782 valence electrons. The van der Waals surface area contributed by atoms with Crippen LogP contribution in [0.3, 0.4) is 0 Å². The summed E-state index contributed by atoms with van der Waals surface area (Å²) < 4.78 is 275. The Morgan fingerprint density at radius 2 is 0.719 bits per heavy atom. The molecule has 13 aromatic rings. The maximum absolute atomic E-state index is 14.2. The summed E-state index contributed by atoms with van der Waals surface area (Å²) in [5.74, 6) is -22.4. The van der Waals surface area contributed by atoms with Crippen LogP contribution in [-0.2, 0) is 4.74 Å². The van der Waals surface area contributed by atoms with Crippen molar-refractivity contribution in [3.05, 3.63) is 352 Å². The fourth-order valence-electron chi connectivity index (χ4n) is 10.5. The number of rotatable bonds is 19. The van der Waals surface area contributed by atoms with E-state index in [1.165, 1.54) is 98.6 Å². The largest absolute Gasteiger partial charge is 0.478 e. The van der Waals surface area contributed by atoms with E-state index in [4.69, 9.17) is 71.5 Å². The molecular formula is C91H74Cl2F19I7N14O13. The van der Waals surface area contributed by atoms with Crippen LogP contribution in [0, 0.1) is 132 Å². The molecule has 4 amide bonds. The Hall–Kier alpha value is -10.6. The van der Waals surface area contributed by atoms with Crippen molar-refractivity contribution >= 4 is 279 Å². The fourth-order valence-corrected chi connectivity index (χ4v) is 13.3. The number of ether oxygens (including phenoxy) is 1. The second kappa shape index (κ2) is 65.3. The number of carbonyl (C=O) groups is 6. The quantitative estimate of drug-likeness (QED) is 0.00411. The smallest absolute Gasteiger partial charge is 0.434 e. The number of amides is 4. The van der Waals surface area contributed by atoms with Crippen molar-refractivity contribution in [1.82, 2.24) is 31.8 Å². The first-order valence-electron chi connectivity index (χ1n) is 40.4. The molecule has 1 fully saturated rings. The van der Waals surface area contributed by atoms with Crippen LogP contribution >= 0.6 is 181 Å². The summed E-state index contributed by atoms with van der Waals surface area (Å²) in [6, 6.07) is 35.0. The maximum atomic E-state index is 14.2. The normalized spacial score (nSPS) is 10.6. The van der Waals surface area contributed by atoms with Crippen molar-refractivity contribution in [3.8, 4) is 11.5 Å². The molecule has 0 bridgehead atoms. The number of carboxylic acids is 2. The average molecular weight is 2890 g/mol. The van der Waals surface area contributed by atoms with E-state index < -0.39 is 174 Å².